The Bertz CT molecular complexity index is 1840. The van der Waals surface area contributed by atoms with E-state index in [0.29, 0.717) is 0 Å². The third-order valence-electron chi connectivity index (χ3n) is 10.4. The predicted octanol–water partition coefficient (Wildman–Crippen LogP) is 5.63. The third kappa shape index (κ3) is 6.18. The number of fused-ring (bicyclic) bond motifs is 4. The lowest BCUT2D eigenvalue weighted by molar-refractivity contribution is 0.100. The van der Waals surface area contributed by atoms with Crippen LogP contribution in [0.4, 0.5) is 0 Å². The number of carbonyl (C=O) groups is 1. The Labute approximate surface area is 278 Å². The fourth-order valence-electron chi connectivity index (χ4n) is 7.71. The molecule has 8 heteroatoms. The fourth-order valence-corrected chi connectivity index (χ4v) is 7.71. The lowest BCUT2D eigenvalue weighted by Crippen LogP contribution is -2.27. The van der Waals surface area contributed by atoms with Crippen LogP contribution < -0.4 is 0 Å². The quantitative estimate of drug-likeness (QED) is 0.290. The Morgan fingerprint density at radius 3 is 1.64 bits per heavy atom. The van der Waals surface area contributed by atoms with E-state index >= 15 is 0 Å². The highest BCUT2D eigenvalue weighted by Gasteiger charge is 2.27. The lowest BCUT2D eigenvalue weighted by Gasteiger charge is -2.26. The molecule has 2 aromatic carbocycles. The van der Waals surface area contributed by atoms with E-state index in [4.69, 9.17) is 4.98 Å². The molecule has 6 heterocycles. The minimum Gasteiger partial charge on any atom is -0.390 e. The summed E-state index contributed by atoms with van der Waals surface area (Å²) in [5, 5.41) is 9.64. The Morgan fingerprint density at radius 2 is 1.13 bits per heavy atom. The van der Waals surface area contributed by atoms with Crippen molar-refractivity contribution in [3.8, 4) is 0 Å². The Hall–Kier alpha value is -4.11. The van der Waals surface area contributed by atoms with Crippen molar-refractivity contribution in [2.75, 3.05) is 40.3 Å². The Balaban J connectivity index is 0.000000150. The van der Waals surface area contributed by atoms with Crippen molar-refractivity contribution < 1.29 is 9.90 Å². The maximum Gasteiger partial charge on any atom is 0.177 e. The fraction of sp³-hybridized carbons (Fsp3) is 0.410. The highest BCUT2D eigenvalue weighted by atomic mass is 16.3. The van der Waals surface area contributed by atoms with Crippen molar-refractivity contribution in [1.29, 1.82) is 0 Å². The molecule has 2 fully saturated rings. The van der Waals surface area contributed by atoms with E-state index in [-0.39, 0.29) is 12.4 Å². The van der Waals surface area contributed by atoms with Crippen molar-refractivity contribution in [3.05, 3.63) is 117 Å². The van der Waals surface area contributed by atoms with Gasteiger partial charge in [-0.1, -0.05) is 59.7 Å². The van der Waals surface area contributed by atoms with E-state index in [0.717, 1.165) is 101 Å². The molecule has 8 rings (SSSR count). The van der Waals surface area contributed by atoms with Crippen LogP contribution in [0.15, 0.2) is 72.1 Å². The van der Waals surface area contributed by atoms with Crippen LogP contribution in [0, 0.1) is 0 Å². The molecule has 1 N–H and O–H groups in total. The topological polar surface area (TPSA) is 79.4 Å². The zero-order valence-electron chi connectivity index (χ0n) is 28.0. The third-order valence-corrected chi connectivity index (χ3v) is 10.4. The van der Waals surface area contributed by atoms with Crippen LogP contribution in [0.1, 0.15) is 82.7 Å². The second kappa shape index (κ2) is 13.6. The summed E-state index contributed by atoms with van der Waals surface area (Å²) in [5.41, 5.74) is 12.6. The van der Waals surface area contributed by atoms with Gasteiger partial charge in [-0.3, -0.25) is 4.79 Å². The molecule has 47 heavy (non-hydrogen) atoms. The average molecular weight is 631 g/mol. The van der Waals surface area contributed by atoms with Gasteiger partial charge in [-0.05, 0) is 74.9 Å². The van der Waals surface area contributed by atoms with Crippen LogP contribution in [0.3, 0.4) is 0 Å². The monoisotopic (exact) mass is 630 g/mol. The number of aliphatic hydroxyl groups excluding tert-OH is 1. The number of aliphatic hydroxyl groups is 1. The maximum atomic E-state index is 12.0. The molecule has 2 aromatic heterocycles. The maximum absolute atomic E-state index is 12.0. The lowest BCUT2D eigenvalue weighted by atomic mass is 9.90. The first-order valence-electron chi connectivity index (χ1n) is 17.1. The smallest absolute Gasteiger partial charge is 0.177 e. The van der Waals surface area contributed by atoms with Crippen LogP contribution in [-0.2, 0) is 32.5 Å². The number of aromatic nitrogens is 4. The van der Waals surface area contributed by atoms with Crippen molar-refractivity contribution in [1.82, 2.24) is 28.9 Å². The van der Waals surface area contributed by atoms with Gasteiger partial charge in [-0.15, -0.1) is 0 Å². The molecular formula is C39H46N6O2. The molecule has 4 aliphatic heterocycles. The number of carbonyl (C=O) groups excluding carboxylic acids is 1. The van der Waals surface area contributed by atoms with Crippen molar-refractivity contribution in [2.24, 2.45) is 0 Å². The first-order chi connectivity index (χ1) is 22.9. The number of likely N-dealkylation sites (tertiary alicyclic amines) is 2. The molecule has 0 amide bonds. The highest BCUT2D eigenvalue weighted by Crippen LogP contribution is 2.37. The van der Waals surface area contributed by atoms with Gasteiger partial charge in [-0.25, -0.2) is 9.97 Å². The van der Waals surface area contributed by atoms with Gasteiger partial charge in [0, 0.05) is 57.3 Å². The van der Waals surface area contributed by atoms with Gasteiger partial charge < -0.3 is 24.0 Å². The Morgan fingerprint density at radius 1 is 0.660 bits per heavy atom. The van der Waals surface area contributed by atoms with Crippen molar-refractivity contribution in [2.45, 2.75) is 65.1 Å². The number of rotatable bonds is 2. The number of imidazole rings is 2. The van der Waals surface area contributed by atoms with Crippen LogP contribution >= 0.6 is 0 Å². The van der Waals surface area contributed by atoms with Crippen molar-refractivity contribution >= 4 is 16.9 Å². The number of Topliss-reactive ketones (excluding diaryl/α,β-unsaturated/α-hetero) is 1. The van der Waals surface area contributed by atoms with Gasteiger partial charge in [0.1, 0.15) is 17.3 Å². The van der Waals surface area contributed by atoms with Gasteiger partial charge in [-0.2, -0.15) is 0 Å². The second-order valence-corrected chi connectivity index (χ2v) is 13.4. The molecule has 4 aliphatic rings. The molecular weight excluding hydrogens is 584 g/mol. The molecule has 0 unspecified atom stereocenters. The predicted molar refractivity (Wildman–Crippen MR) is 186 cm³/mol. The molecule has 4 aromatic rings. The summed E-state index contributed by atoms with van der Waals surface area (Å²) in [7, 11) is 4.37. The van der Waals surface area contributed by atoms with Gasteiger partial charge >= 0.3 is 0 Å². The highest BCUT2D eigenvalue weighted by molar-refractivity contribution is 5.93. The number of hydrogen-bond acceptors (Lipinski definition) is 6. The van der Waals surface area contributed by atoms with E-state index in [2.05, 4.69) is 86.5 Å². The zero-order valence-corrected chi connectivity index (χ0v) is 28.0. The summed E-state index contributed by atoms with van der Waals surface area (Å²) in [6.07, 6.45) is 9.85. The number of piperidine rings is 2. The van der Waals surface area contributed by atoms with Gasteiger partial charge in [0.2, 0.25) is 0 Å². The summed E-state index contributed by atoms with van der Waals surface area (Å²) in [6.45, 7) is 7.77. The first-order valence-corrected chi connectivity index (χ1v) is 17.1. The summed E-state index contributed by atoms with van der Waals surface area (Å²) in [4.78, 5) is 26.1. The van der Waals surface area contributed by atoms with E-state index in [1.165, 1.54) is 44.5 Å². The number of aryl methyl sites for hydroxylation is 2. The number of nitrogens with zero attached hydrogens (tertiary/aromatic N) is 6. The largest absolute Gasteiger partial charge is 0.390 e. The molecule has 0 radical (unpaired) electrons. The van der Waals surface area contributed by atoms with Gasteiger partial charge in [0.25, 0.3) is 0 Å². The normalized spacial score (nSPS) is 18.3. The zero-order chi connectivity index (χ0) is 32.5. The van der Waals surface area contributed by atoms with Crippen molar-refractivity contribution in [3.63, 3.8) is 0 Å². The first kappa shape index (κ1) is 31.5. The molecule has 0 spiro atoms. The minimum atomic E-state index is 0.0503. The standard InChI is InChI=1S/C20H23N3O.C19H23N3O/c1-14(24)18-13-21-20-19(16-7-10-22(2)11-8-16)17-6-4-3-5-15(17)9-12-23(18)20;1-21-9-6-15(7-10-21)18-17-5-3-2-4-14(17)8-11-22-16(13-23)12-20-19(18)22/h3-6,13H,7-12H2,1-2H3;2-5,12,23H,6-11,13H2,1H3. The van der Waals surface area contributed by atoms with E-state index in [1.807, 2.05) is 6.20 Å². The van der Waals surface area contributed by atoms with E-state index < -0.39 is 0 Å². The minimum absolute atomic E-state index is 0.0503. The number of benzene rings is 2. The summed E-state index contributed by atoms with van der Waals surface area (Å²) >= 11 is 0. The van der Waals surface area contributed by atoms with Gasteiger partial charge in [0.15, 0.2) is 5.78 Å². The summed E-state index contributed by atoms with van der Waals surface area (Å²) in [5.74, 6) is 2.11. The number of hydrogen-bond donors (Lipinski definition) is 1. The van der Waals surface area contributed by atoms with Crippen LogP contribution in [0.25, 0.3) is 11.1 Å². The molecule has 0 saturated carbocycles. The molecule has 0 bridgehead atoms. The summed E-state index contributed by atoms with van der Waals surface area (Å²) in [6, 6.07) is 17.4. The molecule has 0 aliphatic carbocycles. The van der Waals surface area contributed by atoms with Gasteiger partial charge in [0.05, 0.1) is 24.7 Å². The van der Waals surface area contributed by atoms with Crippen LogP contribution in [0.2, 0.25) is 0 Å². The second-order valence-electron chi connectivity index (χ2n) is 13.4. The molecule has 244 valence electrons. The van der Waals surface area contributed by atoms with E-state index in [9.17, 15) is 9.90 Å². The summed E-state index contributed by atoms with van der Waals surface area (Å²) < 4.78 is 4.34. The Kier molecular flexibility index (Phi) is 9.08. The number of ketones is 1. The molecule has 2 saturated heterocycles. The van der Waals surface area contributed by atoms with Crippen LogP contribution in [-0.4, -0.2) is 80.1 Å². The SMILES string of the molecule is CC(=O)c1cnc2n1CCc1ccccc1C2=C1CCN(C)CC1.CN1CCC(=C2c3ccccc3CCn3c(CO)cnc32)CC1. The average Bonchev–Trinajstić information content (AvgIpc) is 3.61. The van der Waals surface area contributed by atoms with E-state index in [1.54, 1.807) is 13.1 Å². The molecule has 8 nitrogen and oxygen atoms in total. The van der Waals surface area contributed by atoms with Crippen LogP contribution in [0.5, 0.6) is 0 Å². The molecule has 0 atom stereocenters.